The summed E-state index contributed by atoms with van der Waals surface area (Å²) in [4.78, 5) is 0. The quantitative estimate of drug-likeness (QED) is 0.807. The number of benzene rings is 1. The Morgan fingerprint density at radius 3 is 3.06 bits per heavy atom. The van der Waals surface area contributed by atoms with Crippen LogP contribution in [0.2, 0.25) is 0 Å². The van der Waals surface area contributed by atoms with Crippen molar-refractivity contribution in [3.63, 3.8) is 0 Å². The first-order valence-corrected chi connectivity index (χ1v) is 5.39. The number of hydrogen-bond acceptors (Lipinski definition) is 5. The van der Waals surface area contributed by atoms with Gasteiger partial charge in [-0.25, -0.2) is 0 Å². The van der Waals surface area contributed by atoms with Gasteiger partial charge in [-0.05, 0) is 24.6 Å². The number of rotatable bonds is 5. The second-order valence-electron chi connectivity index (χ2n) is 3.72. The molecule has 1 aromatic heterocycles. The first-order valence-electron chi connectivity index (χ1n) is 5.39. The zero-order valence-corrected chi connectivity index (χ0v) is 9.84. The lowest BCUT2D eigenvalue weighted by Crippen LogP contribution is -2.19. The molecule has 0 aliphatic carbocycles. The minimum atomic E-state index is 0.0555. The molecule has 2 aromatic rings. The van der Waals surface area contributed by atoms with Crippen molar-refractivity contribution < 1.29 is 4.74 Å². The number of methoxy groups -OCH3 is 1. The largest absolute Gasteiger partial charge is 0.497 e. The average molecular weight is 233 g/mol. The number of aromatic amines is 1. The molecule has 0 fully saturated rings. The normalized spacial score (nSPS) is 12.4. The standard InChI is InChI=1S/C11H15N5O/c1-8(11-13-15-16-14-11)12-7-9-4-3-5-10(6-9)17-2/h3-6,8,12H,7H2,1-2H3,(H,13,14,15,16). The van der Waals surface area contributed by atoms with Gasteiger partial charge in [0.1, 0.15) is 5.75 Å². The van der Waals surface area contributed by atoms with E-state index in [1.165, 1.54) is 0 Å². The topological polar surface area (TPSA) is 75.7 Å². The molecule has 0 aliphatic heterocycles. The first-order chi connectivity index (χ1) is 8.29. The Morgan fingerprint density at radius 1 is 1.47 bits per heavy atom. The number of ether oxygens (including phenoxy) is 1. The van der Waals surface area contributed by atoms with Gasteiger partial charge in [0.05, 0.1) is 13.2 Å². The Morgan fingerprint density at radius 2 is 2.35 bits per heavy atom. The summed E-state index contributed by atoms with van der Waals surface area (Å²) in [5.74, 6) is 1.52. The lowest BCUT2D eigenvalue weighted by atomic mass is 10.2. The second kappa shape index (κ2) is 5.40. The SMILES string of the molecule is COc1cccc(CNC(C)c2nn[nH]n2)c1. The molecule has 2 N–H and O–H groups in total. The van der Waals surface area contributed by atoms with Gasteiger partial charge in [-0.15, -0.1) is 10.2 Å². The molecule has 0 saturated heterocycles. The summed E-state index contributed by atoms with van der Waals surface area (Å²) < 4.78 is 5.17. The summed E-state index contributed by atoms with van der Waals surface area (Å²) in [5.41, 5.74) is 1.15. The monoisotopic (exact) mass is 233 g/mol. The van der Waals surface area contributed by atoms with Gasteiger partial charge in [0.15, 0.2) is 5.82 Å². The van der Waals surface area contributed by atoms with E-state index in [4.69, 9.17) is 4.74 Å². The smallest absolute Gasteiger partial charge is 0.191 e. The molecule has 90 valence electrons. The Labute approximate surface area is 99.4 Å². The van der Waals surface area contributed by atoms with Gasteiger partial charge in [0.2, 0.25) is 0 Å². The fraction of sp³-hybridized carbons (Fsp3) is 0.364. The van der Waals surface area contributed by atoms with Gasteiger partial charge < -0.3 is 10.1 Å². The highest BCUT2D eigenvalue weighted by molar-refractivity contribution is 5.28. The molecule has 17 heavy (non-hydrogen) atoms. The van der Waals surface area contributed by atoms with Crippen molar-refractivity contribution in [1.29, 1.82) is 0 Å². The third-order valence-electron chi connectivity index (χ3n) is 2.50. The molecular weight excluding hydrogens is 218 g/mol. The molecular formula is C11H15N5O. The molecule has 1 heterocycles. The maximum Gasteiger partial charge on any atom is 0.191 e. The van der Waals surface area contributed by atoms with E-state index in [0.717, 1.165) is 17.9 Å². The predicted octanol–water partition coefficient (Wildman–Crippen LogP) is 1.06. The van der Waals surface area contributed by atoms with Gasteiger partial charge in [-0.2, -0.15) is 5.21 Å². The van der Waals surface area contributed by atoms with Crippen LogP contribution in [0, 0.1) is 0 Å². The number of nitrogens with one attached hydrogen (secondary N) is 2. The van der Waals surface area contributed by atoms with Crippen molar-refractivity contribution in [3.8, 4) is 5.75 Å². The van der Waals surface area contributed by atoms with Crippen LogP contribution in [0.5, 0.6) is 5.75 Å². The van der Waals surface area contributed by atoms with Gasteiger partial charge in [0, 0.05) is 6.54 Å². The number of H-pyrrole nitrogens is 1. The summed E-state index contributed by atoms with van der Waals surface area (Å²) in [6, 6.07) is 7.98. The van der Waals surface area contributed by atoms with Crippen LogP contribution < -0.4 is 10.1 Å². The van der Waals surface area contributed by atoms with E-state index in [1.807, 2.05) is 31.2 Å². The lowest BCUT2D eigenvalue weighted by molar-refractivity contribution is 0.414. The summed E-state index contributed by atoms with van der Waals surface area (Å²) in [7, 11) is 1.66. The molecule has 2 rings (SSSR count). The minimum Gasteiger partial charge on any atom is -0.497 e. The van der Waals surface area contributed by atoms with E-state index in [-0.39, 0.29) is 6.04 Å². The fourth-order valence-electron chi connectivity index (χ4n) is 1.50. The highest BCUT2D eigenvalue weighted by Crippen LogP contribution is 2.13. The van der Waals surface area contributed by atoms with Crippen molar-refractivity contribution in [2.24, 2.45) is 0 Å². The van der Waals surface area contributed by atoms with Crippen molar-refractivity contribution >= 4 is 0 Å². The van der Waals surface area contributed by atoms with Crippen LogP contribution in [0.4, 0.5) is 0 Å². The van der Waals surface area contributed by atoms with E-state index in [9.17, 15) is 0 Å². The third-order valence-corrected chi connectivity index (χ3v) is 2.50. The molecule has 0 aliphatic rings. The third kappa shape index (κ3) is 3.01. The molecule has 6 nitrogen and oxygen atoms in total. The van der Waals surface area contributed by atoms with E-state index >= 15 is 0 Å². The van der Waals surface area contributed by atoms with E-state index in [1.54, 1.807) is 7.11 Å². The predicted molar refractivity (Wildman–Crippen MR) is 62.4 cm³/mol. The van der Waals surface area contributed by atoms with Gasteiger partial charge in [-0.1, -0.05) is 17.3 Å². The van der Waals surface area contributed by atoms with Gasteiger partial charge in [0.25, 0.3) is 0 Å². The van der Waals surface area contributed by atoms with E-state index in [2.05, 4.69) is 25.9 Å². The van der Waals surface area contributed by atoms with Crippen LogP contribution in [0.3, 0.4) is 0 Å². The average Bonchev–Trinajstić information content (AvgIpc) is 2.90. The zero-order valence-electron chi connectivity index (χ0n) is 9.84. The van der Waals surface area contributed by atoms with Crippen LogP contribution in [0.25, 0.3) is 0 Å². The number of hydrogen-bond donors (Lipinski definition) is 2. The second-order valence-corrected chi connectivity index (χ2v) is 3.72. The Balaban J connectivity index is 1.93. The van der Waals surface area contributed by atoms with E-state index in [0.29, 0.717) is 5.82 Å². The minimum absolute atomic E-state index is 0.0555. The van der Waals surface area contributed by atoms with Crippen LogP contribution in [-0.4, -0.2) is 27.7 Å². The summed E-state index contributed by atoms with van der Waals surface area (Å²) in [6.45, 7) is 2.72. The van der Waals surface area contributed by atoms with Crippen molar-refractivity contribution in [1.82, 2.24) is 25.9 Å². The van der Waals surface area contributed by atoms with Gasteiger partial charge in [-0.3, -0.25) is 0 Å². The summed E-state index contributed by atoms with van der Waals surface area (Å²) in [6.07, 6.45) is 0. The molecule has 0 saturated carbocycles. The number of nitrogens with zero attached hydrogens (tertiary/aromatic N) is 3. The Kier molecular flexibility index (Phi) is 3.66. The number of tetrazole rings is 1. The maximum atomic E-state index is 5.17. The van der Waals surface area contributed by atoms with Crippen LogP contribution >= 0.6 is 0 Å². The molecule has 0 spiro atoms. The molecule has 0 bridgehead atoms. The van der Waals surface area contributed by atoms with E-state index < -0.39 is 0 Å². The number of aromatic nitrogens is 4. The highest BCUT2D eigenvalue weighted by Gasteiger charge is 2.09. The van der Waals surface area contributed by atoms with Gasteiger partial charge >= 0.3 is 0 Å². The van der Waals surface area contributed by atoms with Crippen LogP contribution in [0.1, 0.15) is 24.4 Å². The molecule has 1 atom stereocenters. The fourth-order valence-corrected chi connectivity index (χ4v) is 1.50. The maximum absolute atomic E-state index is 5.17. The lowest BCUT2D eigenvalue weighted by Gasteiger charge is -2.10. The molecule has 1 unspecified atom stereocenters. The Hall–Kier alpha value is -1.95. The zero-order chi connectivity index (χ0) is 12.1. The highest BCUT2D eigenvalue weighted by atomic mass is 16.5. The van der Waals surface area contributed by atoms with Crippen molar-refractivity contribution in [2.45, 2.75) is 19.5 Å². The molecule has 0 amide bonds. The first kappa shape index (κ1) is 11.5. The van der Waals surface area contributed by atoms with Crippen molar-refractivity contribution in [3.05, 3.63) is 35.7 Å². The molecule has 0 radical (unpaired) electrons. The Bertz CT molecular complexity index is 457. The summed E-state index contributed by atoms with van der Waals surface area (Å²) >= 11 is 0. The van der Waals surface area contributed by atoms with Crippen molar-refractivity contribution in [2.75, 3.05) is 7.11 Å². The summed E-state index contributed by atoms with van der Waals surface area (Å²) in [5, 5.41) is 17.1. The molecule has 6 heteroatoms. The van der Waals surface area contributed by atoms with Crippen LogP contribution in [-0.2, 0) is 6.54 Å². The molecule has 1 aromatic carbocycles. The van der Waals surface area contributed by atoms with Crippen LogP contribution in [0.15, 0.2) is 24.3 Å².